The predicted octanol–water partition coefficient (Wildman–Crippen LogP) is 3.73. The van der Waals surface area contributed by atoms with Crippen LogP contribution in [0.3, 0.4) is 0 Å². The normalized spacial score (nSPS) is 20.0. The summed E-state index contributed by atoms with van der Waals surface area (Å²) in [5, 5.41) is 0. The van der Waals surface area contributed by atoms with Gasteiger partial charge < -0.3 is 4.74 Å². The fraction of sp³-hybridized carbons (Fsp3) is 0.929. The second-order valence-corrected chi connectivity index (χ2v) is 5.28. The van der Waals surface area contributed by atoms with Crippen LogP contribution in [0, 0.1) is 5.92 Å². The van der Waals surface area contributed by atoms with Crippen molar-refractivity contribution in [2.24, 2.45) is 5.92 Å². The van der Waals surface area contributed by atoms with Crippen LogP contribution in [0.25, 0.3) is 0 Å². The quantitative estimate of drug-likeness (QED) is 0.645. The highest BCUT2D eigenvalue weighted by atomic mass is 16.5. The minimum atomic E-state index is -0.429. The van der Waals surface area contributed by atoms with Crippen LogP contribution >= 0.6 is 0 Å². The molecule has 0 aliphatic heterocycles. The van der Waals surface area contributed by atoms with Crippen molar-refractivity contribution >= 4 is 5.78 Å². The molecule has 0 saturated heterocycles. The molecule has 0 unspecified atom stereocenters. The highest BCUT2D eigenvalue weighted by Gasteiger charge is 2.41. The first-order chi connectivity index (χ1) is 7.62. The molecule has 0 spiro atoms. The van der Waals surface area contributed by atoms with Gasteiger partial charge in [0, 0.05) is 12.5 Å². The summed E-state index contributed by atoms with van der Waals surface area (Å²) in [5.41, 5.74) is -0.429. The van der Waals surface area contributed by atoms with Crippen molar-refractivity contribution in [3.8, 4) is 0 Å². The summed E-state index contributed by atoms with van der Waals surface area (Å²) >= 11 is 0. The summed E-state index contributed by atoms with van der Waals surface area (Å²) in [6.45, 7) is 6.87. The summed E-state index contributed by atoms with van der Waals surface area (Å²) in [6.07, 6.45) is 7.61. The summed E-state index contributed by atoms with van der Waals surface area (Å²) in [5.74, 6) is 0.419. The second kappa shape index (κ2) is 6.39. The zero-order valence-corrected chi connectivity index (χ0v) is 11.1. The van der Waals surface area contributed by atoms with E-state index >= 15 is 0 Å². The average Bonchev–Trinajstić information content (AvgIpc) is 2.29. The molecule has 0 aromatic heterocycles. The number of hydrogen-bond acceptors (Lipinski definition) is 2. The highest BCUT2D eigenvalue weighted by Crippen LogP contribution is 2.34. The van der Waals surface area contributed by atoms with Crippen LogP contribution < -0.4 is 0 Å². The van der Waals surface area contributed by atoms with Crippen LogP contribution in [0.2, 0.25) is 0 Å². The molecule has 1 rings (SSSR count). The first-order valence-electron chi connectivity index (χ1n) is 6.80. The first-order valence-corrected chi connectivity index (χ1v) is 6.80. The third kappa shape index (κ3) is 3.31. The van der Waals surface area contributed by atoms with Gasteiger partial charge in [-0.2, -0.15) is 0 Å². The number of carbonyl (C=O) groups excluding carboxylic acids is 1. The van der Waals surface area contributed by atoms with E-state index in [-0.39, 0.29) is 5.92 Å². The zero-order chi connectivity index (χ0) is 12.0. The van der Waals surface area contributed by atoms with Gasteiger partial charge in [0.05, 0.1) is 0 Å². The molecule has 2 nitrogen and oxygen atoms in total. The average molecular weight is 226 g/mol. The van der Waals surface area contributed by atoms with Gasteiger partial charge in [-0.05, 0) is 19.3 Å². The van der Waals surface area contributed by atoms with Gasteiger partial charge in [0.2, 0.25) is 0 Å². The number of Topliss-reactive ketones (excluding diaryl/α,β-unsaturated/α-hetero) is 1. The van der Waals surface area contributed by atoms with Crippen LogP contribution in [-0.4, -0.2) is 18.0 Å². The lowest BCUT2D eigenvalue weighted by atomic mass is 9.78. The lowest BCUT2D eigenvalue weighted by Gasteiger charge is -2.37. The van der Waals surface area contributed by atoms with E-state index in [1.54, 1.807) is 0 Å². The van der Waals surface area contributed by atoms with E-state index in [4.69, 9.17) is 4.74 Å². The molecule has 0 atom stereocenters. The molecule has 0 aromatic rings. The third-order valence-corrected chi connectivity index (χ3v) is 3.51. The fourth-order valence-electron chi connectivity index (χ4n) is 2.52. The molecule has 0 amide bonds. The van der Waals surface area contributed by atoms with E-state index in [0.29, 0.717) is 5.78 Å². The molecule has 16 heavy (non-hydrogen) atoms. The van der Waals surface area contributed by atoms with E-state index in [2.05, 4.69) is 6.92 Å². The fourth-order valence-corrected chi connectivity index (χ4v) is 2.52. The Morgan fingerprint density at radius 1 is 1.25 bits per heavy atom. The molecule has 0 radical (unpaired) electrons. The number of hydrogen-bond donors (Lipinski definition) is 0. The monoisotopic (exact) mass is 226 g/mol. The molecular formula is C14H26O2. The number of rotatable bonds is 6. The van der Waals surface area contributed by atoms with Gasteiger partial charge in [0.15, 0.2) is 5.78 Å². The molecule has 1 saturated carbocycles. The van der Waals surface area contributed by atoms with Crippen molar-refractivity contribution < 1.29 is 9.53 Å². The summed E-state index contributed by atoms with van der Waals surface area (Å²) in [7, 11) is 0. The maximum atomic E-state index is 12.3. The Bertz CT molecular complexity index is 215. The van der Waals surface area contributed by atoms with Gasteiger partial charge in [-0.1, -0.05) is 46.5 Å². The Balaban J connectivity index is 2.63. The SMILES string of the molecule is CCCCOC1(C(=O)C(C)C)CCCCC1. The summed E-state index contributed by atoms with van der Waals surface area (Å²) in [4.78, 5) is 12.3. The van der Waals surface area contributed by atoms with Gasteiger partial charge in [0.25, 0.3) is 0 Å². The molecule has 1 aliphatic rings. The van der Waals surface area contributed by atoms with Gasteiger partial charge in [0.1, 0.15) is 5.60 Å². The Labute approximate surface area is 99.8 Å². The van der Waals surface area contributed by atoms with Gasteiger partial charge in [-0.25, -0.2) is 0 Å². The molecular weight excluding hydrogens is 200 g/mol. The van der Waals surface area contributed by atoms with Crippen molar-refractivity contribution in [1.29, 1.82) is 0 Å². The number of ketones is 1. The molecule has 94 valence electrons. The molecule has 0 heterocycles. The minimum absolute atomic E-state index is 0.0970. The molecule has 0 N–H and O–H groups in total. The molecule has 0 aromatic carbocycles. The first kappa shape index (κ1) is 13.7. The molecule has 1 aliphatic carbocycles. The smallest absolute Gasteiger partial charge is 0.167 e. The van der Waals surface area contributed by atoms with Crippen molar-refractivity contribution in [3.63, 3.8) is 0 Å². The highest BCUT2D eigenvalue weighted by molar-refractivity contribution is 5.89. The van der Waals surface area contributed by atoms with Crippen molar-refractivity contribution in [2.75, 3.05) is 6.61 Å². The predicted molar refractivity (Wildman–Crippen MR) is 66.5 cm³/mol. The minimum Gasteiger partial charge on any atom is -0.367 e. The van der Waals surface area contributed by atoms with Crippen LogP contribution in [0.5, 0.6) is 0 Å². The third-order valence-electron chi connectivity index (χ3n) is 3.51. The lowest BCUT2D eigenvalue weighted by Crippen LogP contribution is -2.45. The lowest BCUT2D eigenvalue weighted by molar-refractivity contribution is -0.153. The summed E-state index contributed by atoms with van der Waals surface area (Å²) in [6, 6.07) is 0. The topological polar surface area (TPSA) is 26.3 Å². The Morgan fingerprint density at radius 3 is 2.38 bits per heavy atom. The maximum Gasteiger partial charge on any atom is 0.167 e. The van der Waals surface area contributed by atoms with Gasteiger partial charge in [-0.15, -0.1) is 0 Å². The second-order valence-electron chi connectivity index (χ2n) is 5.28. The van der Waals surface area contributed by atoms with E-state index in [1.807, 2.05) is 13.8 Å². The van der Waals surface area contributed by atoms with Crippen molar-refractivity contribution in [1.82, 2.24) is 0 Å². The van der Waals surface area contributed by atoms with Crippen LogP contribution in [0.1, 0.15) is 65.7 Å². The van der Waals surface area contributed by atoms with Crippen LogP contribution in [-0.2, 0) is 9.53 Å². The molecule has 2 heteroatoms. The van der Waals surface area contributed by atoms with Crippen molar-refractivity contribution in [2.45, 2.75) is 71.3 Å². The van der Waals surface area contributed by atoms with Crippen molar-refractivity contribution in [3.05, 3.63) is 0 Å². The number of ether oxygens (including phenoxy) is 1. The molecule has 1 fully saturated rings. The van der Waals surface area contributed by atoms with Crippen LogP contribution in [0.15, 0.2) is 0 Å². The summed E-state index contributed by atoms with van der Waals surface area (Å²) < 4.78 is 5.98. The Hall–Kier alpha value is -0.370. The van der Waals surface area contributed by atoms with E-state index in [9.17, 15) is 4.79 Å². The van der Waals surface area contributed by atoms with E-state index < -0.39 is 5.60 Å². The van der Waals surface area contributed by atoms with Crippen LogP contribution in [0.4, 0.5) is 0 Å². The zero-order valence-electron chi connectivity index (χ0n) is 11.1. The largest absolute Gasteiger partial charge is 0.367 e. The van der Waals surface area contributed by atoms with E-state index in [0.717, 1.165) is 45.1 Å². The van der Waals surface area contributed by atoms with E-state index in [1.165, 1.54) is 6.42 Å². The Morgan fingerprint density at radius 2 is 1.88 bits per heavy atom. The maximum absolute atomic E-state index is 12.3. The van der Waals surface area contributed by atoms with Gasteiger partial charge in [-0.3, -0.25) is 4.79 Å². The number of unbranched alkanes of at least 4 members (excludes halogenated alkanes) is 1. The number of carbonyl (C=O) groups is 1. The standard InChI is InChI=1S/C14H26O2/c1-4-5-11-16-14(13(15)12(2)3)9-7-6-8-10-14/h12H,4-11H2,1-3H3. The molecule has 0 bridgehead atoms. The van der Waals surface area contributed by atoms with Gasteiger partial charge >= 0.3 is 0 Å². The Kier molecular flexibility index (Phi) is 5.47.